The zero-order valence-corrected chi connectivity index (χ0v) is 20.9. The third-order valence-corrected chi connectivity index (χ3v) is 8.93. The van der Waals surface area contributed by atoms with Crippen LogP contribution in [0.2, 0.25) is 10.0 Å². The molecule has 7 atom stereocenters. The van der Waals surface area contributed by atoms with Gasteiger partial charge in [0.25, 0.3) is 0 Å². The number of carbonyl (C=O) groups excluding carboxylic acids is 2. The van der Waals surface area contributed by atoms with Gasteiger partial charge in [0.1, 0.15) is 24.9 Å². The minimum Gasteiger partial charge on any atom is -0.463 e. The molecular weight excluding hydrogens is 519 g/mol. The Morgan fingerprint density at radius 1 is 1.23 bits per heavy atom. The number of nitrogens with zero attached hydrogens (tertiary/aromatic N) is 2. The molecule has 2 aromatic rings. The molecule has 4 N–H and O–H groups in total. The number of imidazole rings is 1. The molecule has 13 heteroatoms. The molecule has 0 radical (unpaired) electrons. The molecule has 1 aromatic heterocycles. The van der Waals surface area contributed by atoms with Gasteiger partial charge in [-0.05, 0) is 25.0 Å². The lowest BCUT2D eigenvalue weighted by Crippen LogP contribution is -2.36. The Kier molecular flexibility index (Phi) is 7.34. The Morgan fingerprint density at radius 2 is 2.03 bits per heavy atom. The molecule has 3 saturated heterocycles. The van der Waals surface area contributed by atoms with Gasteiger partial charge in [0, 0.05) is 17.4 Å². The zero-order chi connectivity index (χ0) is 24.7. The van der Waals surface area contributed by atoms with Crippen LogP contribution in [0.5, 0.6) is 0 Å². The fourth-order valence-corrected chi connectivity index (χ4v) is 6.69. The highest BCUT2D eigenvalue weighted by atomic mass is 35.5. The van der Waals surface area contributed by atoms with E-state index in [1.807, 2.05) is 11.8 Å². The summed E-state index contributed by atoms with van der Waals surface area (Å²) < 4.78 is 12.7. The van der Waals surface area contributed by atoms with Gasteiger partial charge in [0.05, 0.1) is 39.5 Å². The number of benzene rings is 1. The first-order valence-electron chi connectivity index (χ1n) is 11.5. The maximum atomic E-state index is 12.2. The molecule has 2 unspecified atom stereocenters. The quantitative estimate of drug-likeness (QED) is 0.226. The maximum absolute atomic E-state index is 12.2. The molecule has 1 aromatic carbocycles. The molecule has 5 rings (SSSR count). The molecule has 0 aliphatic carbocycles. The van der Waals surface area contributed by atoms with E-state index in [0.29, 0.717) is 32.7 Å². The van der Waals surface area contributed by atoms with E-state index in [0.717, 1.165) is 18.6 Å². The van der Waals surface area contributed by atoms with Gasteiger partial charge in [-0.25, -0.2) is 9.78 Å². The summed E-state index contributed by atoms with van der Waals surface area (Å²) in [6, 6.07) is 3.46. The molecule has 3 aliphatic heterocycles. The van der Waals surface area contributed by atoms with E-state index >= 15 is 0 Å². The number of thioether (sulfide) groups is 1. The average Bonchev–Trinajstić information content (AvgIpc) is 3.56. The second-order valence-corrected chi connectivity index (χ2v) is 11.1. The molecule has 10 nitrogen and oxygen atoms in total. The zero-order valence-electron chi connectivity index (χ0n) is 18.6. The number of urea groups is 1. The van der Waals surface area contributed by atoms with Gasteiger partial charge in [-0.15, -0.1) is 0 Å². The normalized spacial score (nSPS) is 32.0. The van der Waals surface area contributed by atoms with Gasteiger partial charge in [0.2, 0.25) is 0 Å². The number of amides is 2. The van der Waals surface area contributed by atoms with E-state index in [-0.39, 0.29) is 37.1 Å². The number of carbonyl (C=O) groups is 2. The van der Waals surface area contributed by atoms with Crippen molar-refractivity contribution < 1.29 is 29.3 Å². The highest BCUT2D eigenvalue weighted by molar-refractivity contribution is 8.00. The Morgan fingerprint density at radius 3 is 2.86 bits per heavy atom. The molecule has 0 spiro atoms. The molecule has 3 aliphatic rings. The van der Waals surface area contributed by atoms with Crippen LogP contribution >= 0.6 is 35.0 Å². The van der Waals surface area contributed by atoms with E-state index in [1.54, 1.807) is 16.7 Å². The Balaban J connectivity index is 1.08. The molecule has 0 bridgehead atoms. The second kappa shape index (κ2) is 10.3. The smallest absolute Gasteiger partial charge is 0.315 e. The van der Waals surface area contributed by atoms with Gasteiger partial charge >= 0.3 is 12.0 Å². The lowest BCUT2D eigenvalue weighted by molar-refractivity contribution is -0.150. The third-order valence-electron chi connectivity index (χ3n) is 6.69. The summed E-state index contributed by atoms with van der Waals surface area (Å²) in [5.74, 6) is 0.517. The number of unbranched alkanes of at least 4 members (excludes halogenated alkanes) is 1. The van der Waals surface area contributed by atoms with Crippen molar-refractivity contribution in [1.29, 1.82) is 0 Å². The highest BCUT2D eigenvalue weighted by Crippen LogP contribution is 2.35. The first-order valence-corrected chi connectivity index (χ1v) is 13.3. The van der Waals surface area contributed by atoms with Crippen molar-refractivity contribution in [2.45, 2.75) is 67.6 Å². The summed E-state index contributed by atoms with van der Waals surface area (Å²) in [6.45, 7) is -0.174. The number of nitrogens with one attached hydrogen (secondary N) is 2. The fraction of sp³-hybridized carbons (Fsp3) is 0.591. The summed E-state index contributed by atoms with van der Waals surface area (Å²) >= 11 is 14.0. The SMILES string of the molecule is O=C1N[C@H]2[C@H](CS[C@H]2CCCCC(=O)OC[C@H]2O[C@@H](n3cnc4cc(Cl)c(Cl)cc43)C(O)C2O)N1. The number of hydrogen-bond acceptors (Lipinski definition) is 8. The van der Waals surface area contributed by atoms with Crippen LogP contribution in [0.3, 0.4) is 0 Å². The monoisotopic (exact) mass is 544 g/mol. The molecular formula is C22H26Cl2N4O6S. The number of halogens is 2. The predicted octanol–water partition coefficient (Wildman–Crippen LogP) is 2.23. The van der Waals surface area contributed by atoms with Gasteiger partial charge in [-0.2, -0.15) is 11.8 Å². The lowest BCUT2D eigenvalue weighted by atomic mass is 10.0. The summed E-state index contributed by atoms with van der Waals surface area (Å²) in [5, 5.41) is 27.9. The summed E-state index contributed by atoms with van der Waals surface area (Å²) in [6.07, 6.45) is -0.153. The highest BCUT2D eigenvalue weighted by Gasteiger charge is 2.45. The second-order valence-electron chi connectivity index (χ2n) is 9.00. The fourth-order valence-electron chi connectivity index (χ4n) is 4.83. The van der Waals surface area contributed by atoms with E-state index in [2.05, 4.69) is 15.6 Å². The molecule has 35 heavy (non-hydrogen) atoms. The Labute approximate surface area is 215 Å². The van der Waals surface area contributed by atoms with Crippen molar-refractivity contribution >= 4 is 58.0 Å². The van der Waals surface area contributed by atoms with E-state index in [1.165, 1.54) is 6.33 Å². The molecule has 2 amide bonds. The average molecular weight is 545 g/mol. The van der Waals surface area contributed by atoms with Crippen LogP contribution in [0.1, 0.15) is 31.9 Å². The van der Waals surface area contributed by atoms with Crippen LogP contribution in [0.4, 0.5) is 4.79 Å². The summed E-state index contributed by atoms with van der Waals surface area (Å²) in [4.78, 5) is 27.9. The topological polar surface area (TPSA) is 135 Å². The number of rotatable bonds is 8. The predicted molar refractivity (Wildman–Crippen MR) is 131 cm³/mol. The minimum absolute atomic E-state index is 0.105. The van der Waals surface area contributed by atoms with Crippen molar-refractivity contribution in [2.24, 2.45) is 0 Å². The molecule has 3 fully saturated rings. The minimum atomic E-state index is -1.25. The standard InChI is InChI=1S/C22H26Cl2N4O6S/c23-10-5-12-14(6-11(10)24)28(9-25-12)21-20(31)19(30)15(34-21)7-33-17(29)4-2-1-3-16-18-13(8-35-16)26-22(32)27-18/h5-6,9,13,15-16,18-21,30-31H,1-4,7-8H2,(H2,26,27,32)/t13-,15+,16-,18-,19?,20?,21+/m0/s1. The number of aliphatic hydroxyl groups excluding tert-OH is 2. The third kappa shape index (κ3) is 5.07. The van der Waals surface area contributed by atoms with Crippen LogP contribution in [0.15, 0.2) is 18.5 Å². The van der Waals surface area contributed by atoms with Crippen molar-refractivity contribution in [3.63, 3.8) is 0 Å². The Bertz CT molecular complexity index is 1120. The molecule has 0 saturated carbocycles. The van der Waals surface area contributed by atoms with Crippen LogP contribution in [-0.2, 0) is 14.3 Å². The van der Waals surface area contributed by atoms with E-state index in [4.69, 9.17) is 32.7 Å². The summed E-state index contributed by atoms with van der Waals surface area (Å²) in [5.41, 5.74) is 1.16. The number of aliphatic hydroxyl groups is 2. The van der Waals surface area contributed by atoms with Crippen molar-refractivity contribution in [1.82, 2.24) is 20.2 Å². The first kappa shape index (κ1) is 24.9. The van der Waals surface area contributed by atoms with E-state index < -0.39 is 24.5 Å². The van der Waals surface area contributed by atoms with Crippen LogP contribution < -0.4 is 10.6 Å². The van der Waals surface area contributed by atoms with Crippen molar-refractivity contribution in [2.75, 3.05) is 12.4 Å². The molecule has 190 valence electrons. The maximum Gasteiger partial charge on any atom is 0.315 e. The Hall–Kier alpha value is -1.76. The molecule has 4 heterocycles. The van der Waals surface area contributed by atoms with Crippen molar-refractivity contribution in [3.8, 4) is 0 Å². The van der Waals surface area contributed by atoms with Gasteiger partial charge in [-0.1, -0.05) is 29.6 Å². The number of aromatic nitrogens is 2. The van der Waals surface area contributed by atoms with Gasteiger partial charge in [0.15, 0.2) is 6.23 Å². The number of ether oxygens (including phenoxy) is 2. The largest absolute Gasteiger partial charge is 0.463 e. The number of esters is 1. The van der Waals surface area contributed by atoms with Crippen LogP contribution in [0.25, 0.3) is 11.0 Å². The van der Waals surface area contributed by atoms with Crippen LogP contribution in [-0.4, -0.2) is 79.8 Å². The van der Waals surface area contributed by atoms with Crippen molar-refractivity contribution in [3.05, 3.63) is 28.5 Å². The van der Waals surface area contributed by atoms with Gasteiger partial charge in [-0.3, -0.25) is 4.79 Å². The first-order chi connectivity index (χ1) is 16.8. The summed E-state index contributed by atoms with van der Waals surface area (Å²) in [7, 11) is 0. The lowest BCUT2D eigenvalue weighted by Gasteiger charge is -2.17. The van der Waals surface area contributed by atoms with Gasteiger partial charge < -0.3 is 34.9 Å². The van der Waals surface area contributed by atoms with E-state index in [9.17, 15) is 19.8 Å². The number of fused-ring (bicyclic) bond motifs is 2. The number of hydrogen-bond donors (Lipinski definition) is 4. The van der Waals surface area contributed by atoms with Crippen LogP contribution in [0, 0.1) is 0 Å².